The number of thiol groups is 1. The van der Waals surface area contributed by atoms with Crippen LogP contribution in [0, 0.1) is 0 Å². The van der Waals surface area contributed by atoms with Crippen molar-refractivity contribution in [3.05, 3.63) is 0 Å². The summed E-state index contributed by atoms with van der Waals surface area (Å²) in [5.74, 6) is -0.857. The Morgan fingerprint density at radius 3 is 2.15 bits per heavy atom. The summed E-state index contributed by atoms with van der Waals surface area (Å²) in [5.41, 5.74) is 15.5. The minimum atomic E-state index is -0.970. The zero-order chi connectivity index (χ0) is 16.0. The largest absolute Gasteiger partial charge is 0.480 e. The third-order valence-electron chi connectivity index (χ3n) is 1.91. The van der Waals surface area contributed by atoms with Gasteiger partial charge in [-0.3, -0.25) is 4.79 Å². The predicted octanol–water partition coefficient (Wildman–Crippen LogP) is -1.64. The molecule has 0 aromatic heterocycles. The Morgan fingerprint density at radius 1 is 1.20 bits per heavy atom. The molecular weight excluding hydrogens is 304 g/mol. The number of carboxylic acid groups (broad SMARTS) is 2. The summed E-state index contributed by atoms with van der Waals surface area (Å²) in [7, 11) is 0. The fraction of sp³-hybridized carbons (Fsp3) is 0.800. The summed E-state index contributed by atoms with van der Waals surface area (Å²) < 4.78 is 0. The molecule has 0 rings (SSSR count). The summed E-state index contributed by atoms with van der Waals surface area (Å²) in [4.78, 5) is 20.4. The van der Waals surface area contributed by atoms with E-state index in [4.69, 9.17) is 27.4 Å². The number of nitrogens with two attached hydrogens (primary N) is 3. The minimum absolute atomic E-state index is 0.287. The van der Waals surface area contributed by atoms with Crippen molar-refractivity contribution in [1.82, 2.24) is 5.32 Å². The zero-order valence-corrected chi connectivity index (χ0v) is 12.9. The molecule has 9 N–H and O–H groups in total. The highest BCUT2D eigenvalue weighted by Crippen LogP contribution is 2.05. The van der Waals surface area contributed by atoms with Gasteiger partial charge in [-0.2, -0.15) is 12.6 Å². The van der Waals surface area contributed by atoms with Gasteiger partial charge in [0.1, 0.15) is 11.4 Å². The fourth-order valence-corrected chi connectivity index (χ4v) is 1.87. The van der Waals surface area contributed by atoms with Gasteiger partial charge in [0, 0.05) is 18.8 Å². The predicted molar refractivity (Wildman–Crippen MR) is 84.1 cm³/mol. The number of carboxylic acids is 2. The van der Waals surface area contributed by atoms with Crippen molar-refractivity contribution in [3.63, 3.8) is 0 Å². The Kier molecular flexibility index (Phi) is 16.2. The van der Waals surface area contributed by atoms with Crippen LogP contribution < -0.4 is 22.5 Å². The van der Waals surface area contributed by atoms with Crippen molar-refractivity contribution < 1.29 is 19.8 Å². The van der Waals surface area contributed by atoms with E-state index in [0.29, 0.717) is 25.4 Å². The molecule has 0 aliphatic rings. The van der Waals surface area contributed by atoms with Crippen LogP contribution in [0.15, 0.2) is 0 Å². The first-order valence-electron chi connectivity index (χ1n) is 5.97. The quantitative estimate of drug-likeness (QED) is 0.141. The first-order valence-corrected chi connectivity index (χ1v) is 7.65. The Hall–Kier alpha value is -0.520. The van der Waals surface area contributed by atoms with E-state index < -0.39 is 23.4 Å². The van der Waals surface area contributed by atoms with Gasteiger partial charge in [-0.25, -0.2) is 4.79 Å². The number of nitrogens with one attached hydrogen (secondary N) is 1. The summed E-state index contributed by atoms with van der Waals surface area (Å²) in [6.45, 7) is 1.54. The summed E-state index contributed by atoms with van der Waals surface area (Å²) >= 11 is 5.05. The third-order valence-corrected chi connectivity index (χ3v) is 3.36. The van der Waals surface area contributed by atoms with E-state index in [0.717, 1.165) is 6.42 Å². The van der Waals surface area contributed by atoms with E-state index in [2.05, 4.69) is 17.9 Å². The van der Waals surface area contributed by atoms with E-state index in [1.807, 2.05) is 0 Å². The van der Waals surface area contributed by atoms with E-state index in [9.17, 15) is 9.59 Å². The van der Waals surface area contributed by atoms with Gasteiger partial charge in [0.25, 0.3) is 0 Å². The SMILES string of the molecule is NCCCS[C@H](N)C(=O)O.NCCN[C@@H](CS)C(=O)O. The van der Waals surface area contributed by atoms with Crippen molar-refractivity contribution in [2.75, 3.05) is 31.1 Å². The molecule has 0 saturated carbocycles. The average Bonchev–Trinajstić information content (AvgIpc) is 2.40. The van der Waals surface area contributed by atoms with Gasteiger partial charge >= 0.3 is 11.9 Å². The van der Waals surface area contributed by atoms with Crippen LogP contribution >= 0.6 is 24.4 Å². The van der Waals surface area contributed by atoms with Crippen molar-refractivity contribution in [3.8, 4) is 0 Å². The molecule has 0 bridgehead atoms. The lowest BCUT2D eigenvalue weighted by molar-refractivity contribution is -0.139. The molecule has 8 nitrogen and oxygen atoms in total. The third kappa shape index (κ3) is 13.9. The van der Waals surface area contributed by atoms with Crippen LogP contribution in [0.5, 0.6) is 0 Å². The first kappa shape index (κ1) is 21.8. The molecule has 0 aliphatic carbocycles. The zero-order valence-electron chi connectivity index (χ0n) is 11.2. The van der Waals surface area contributed by atoms with Gasteiger partial charge in [-0.05, 0) is 18.7 Å². The Balaban J connectivity index is 0. The van der Waals surface area contributed by atoms with Crippen LogP contribution in [-0.2, 0) is 9.59 Å². The average molecular weight is 328 g/mol. The van der Waals surface area contributed by atoms with Crippen molar-refractivity contribution in [2.45, 2.75) is 17.8 Å². The van der Waals surface area contributed by atoms with Gasteiger partial charge < -0.3 is 32.7 Å². The van der Waals surface area contributed by atoms with Gasteiger partial charge in [0.05, 0.1) is 0 Å². The standard InChI is InChI=1S/2C5H12N2O2S/c6-1-2-7-4(3-10)5(8)9;6-2-1-3-10-4(7)5(8)9/h4,7,10H,1-3,6H2,(H,8,9);4H,1-3,6-7H2,(H,8,9)/t2*4-/m00/s1. The lowest BCUT2D eigenvalue weighted by Gasteiger charge is -2.09. The molecule has 0 spiro atoms. The Labute approximate surface area is 128 Å². The molecular formula is C10H24N4O4S2. The lowest BCUT2D eigenvalue weighted by atomic mass is 10.3. The second-order valence-corrected chi connectivity index (χ2v) is 5.20. The number of hydrogen-bond acceptors (Lipinski definition) is 8. The van der Waals surface area contributed by atoms with E-state index in [-0.39, 0.29) is 5.75 Å². The molecule has 0 unspecified atom stereocenters. The highest BCUT2D eigenvalue weighted by Gasteiger charge is 2.12. The maximum atomic E-state index is 10.3. The molecule has 120 valence electrons. The molecule has 20 heavy (non-hydrogen) atoms. The molecule has 0 heterocycles. The number of hydrogen-bond donors (Lipinski definition) is 7. The minimum Gasteiger partial charge on any atom is -0.480 e. The van der Waals surface area contributed by atoms with Crippen LogP contribution in [0.3, 0.4) is 0 Å². The van der Waals surface area contributed by atoms with E-state index in [1.54, 1.807) is 0 Å². The molecule has 2 atom stereocenters. The van der Waals surface area contributed by atoms with Crippen molar-refractivity contribution in [1.29, 1.82) is 0 Å². The second-order valence-electron chi connectivity index (χ2n) is 3.59. The summed E-state index contributed by atoms with van der Waals surface area (Å²) in [6, 6.07) is -0.577. The molecule has 0 amide bonds. The Bertz CT molecular complexity index is 272. The van der Waals surface area contributed by atoms with Gasteiger partial charge in [-0.1, -0.05) is 0 Å². The molecule has 0 aliphatic heterocycles. The molecule has 0 fully saturated rings. The summed E-state index contributed by atoms with van der Waals surface area (Å²) in [5, 5.41) is 18.7. The van der Waals surface area contributed by atoms with Gasteiger partial charge in [0.15, 0.2) is 0 Å². The topological polar surface area (TPSA) is 165 Å². The van der Waals surface area contributed by atoms with Crippen LogP contribution in [0.4, 0.5) is 0 Å². The smallest absolute Gasteiger partial charge is 0.330 e. The maximum absolute atomic E-state index is 10.3. The van der Waals surface area contributed by atoms with E-state index >= 15 is 0 Å². The number of aliphatic carboxylic acids is 2. The first-order chi connectivity index (χ1) is 9.40. The monoisotopic (exact) mass is 328 g/mol. The molecule has 10 heteroatoms. The van der Waals surface area contributed by atoms with Crippen LogP contribution in [-0.4, -0.2) is 64.7 Å². The van der Waals surface area contributed by atoms with Crippen molar-refractivity contribution >= 4 is 36.3 Å². The van der Waals surface area contributed by atoms with Crippen LogP contribution in [0.2, 0.25) is 0 Å². The van der Waals surface area contributed by atoms with Crippen LogP contribution in [0.25, 0.3) is 0 Å². The molecule has 0 aromatic rings. The highest BCUT2D eigenvalue weighted by molar-refractivity contribution is 8.00. The highest BCUT2D eigenvalue weighted by atomic mass is 32.2. The van der Waals surface area contributed by atoms with Crippen LogP contribution in [0.1, 0.15) is 6.42 Å². The van der Waals surface area contributed by atoms with Gasteiger partial charge in [-0.15, -0.1) is 11.8 Å². The lowest BCUT2D eigenvalue weighted by Crippen LogP contribution is -2.40. The molecule has 0 radical (unpaired) electrons. The number of carbonyl (C=O) groups is 2. The number of thioether (sulfide) groups is 1. The maximum Gasteiger partial charge on any atom is 0.330 e. The van der Waals surface area contributed by atoms with Gasteiger partial charge in [0.2, 0.25) is 0 Å². The second kappa shape index (κ2) is 14.9. The normalized spacial score (nSPS) is 13.0. The molecule has 0 aromatic carbocycles. The fourth-order valence-electron chi connectivity index (χ4n) is 0.852. The van der Waals surface area contributed by atoms with E-state index in [1.165, 1.54) is 11.8 Å². The summed E-state index contributed by atoms with van der Waals surface area (Å²) in [6.07, 6.45) is 0.811. The van der Waals surface area contributed by atoms with Crippen molar-refractivity contribution in [2.24, 2.45) is 17.2 Å². The Morgan fingerprint density at radius 2 is 1.80 bits per heavy atom. The molecule has 0 saturated heterocycles. The number of rotatable bonds is 10.